The van der Waals surface area contributed by atoms with Crippen LogP contribution in [-0.2, 0) is 4.74 Å². The van der Waals surface area contributed by atoms with Crippen molar-refractivity contribution in [2.75, 3.05) is 13.2 Å². The maximum absolute atomic E-state index is 12.0. The zero-order valence-corrected chi connectivity index (χ0v) is 5.90. The summed E-state index contributed by atoms with van der Waals surface area (Å²) in [5.41, 5.74) is 5.14. The lowest BCUT2D eigenvalue weighted by atomic mass is 10.0. The Bertz CT molecular complexity index is 136. The average molecular weight is 169 g/mol. The van der Waals surface area contributed by atoms with E-state index in [9.17, 15) is 13.2 Å². The van der Waals surface area contributed by atoms with Gasteiger partial charge in [0.1, 0.15) is 0 Å². The highest BCUT2D eigenvalue weighted by Gasteiger charge is 2.47. The average Bonchev–Trinajstić information content (AvgIpc) is 2.31. The number of hydrogen-bond acceptors (Lipinski definition) is 2. The molecule has 2 N–H and O–H groups in total. The van der Waals surface area contributed by atoms with Gasteiger partial charge in [-0.15, -0.1) is 0 Å². The van der Waals surface area contributed by atoms with E-state index in [1.807, 2.05) is 0 Å². The van der Waals surface area contributed by atoms with E-state index in [1.54, 1.807) is 0 Å². The van der Waals surface area contributed by atoms with Crippen LogP contribution >= 0.6 is 0 Å². The minimum atomic E-state index is -4.25. The lowest BCUT2D eigenvalue weighted by Gasteiger charge is -2.19. The molecule has 66 valence electrons. The normalized spacial score (nSPS) is 32.7. The van der Waals surface area contributed by atoms with E-state index < -0.39 is 18.2 Å². The van der Waals surface area contributed by atoms with Gasteiger partial charge < -0.3 is 10.5 Å². The maximum Gasteiger partial charge on any atom is 0.414 e. The molecule has 11 heavy (non-hydrogen) atoms. The summed E-state index contributed by atoms with van der Waals surface area (Å²) in [5, 5.41) is 0. The molecule has 0 saturated carbocycles. The Morgan fingerprint density at radius 3 is 2.45 bits per heavy atom. The van der Waals surface area contributed by atoms with Gasteiger partial charge >= 0.3 is 6.18 Å². The van der Waals surface area contributed by atoms with Gasteiger partial charge in [0, 0.05) is 12.5 Å². The molecule has 1 aliphatic rings. The third-order valence-corrected chi connectivity index (χ3v) is 1.84. The highest BCUT2D eigenvalue weighted by Crippen LogP contribution is 2.33. The number of ether oxygens (including phenoxy) is 1. The van der Waals surface area contributed by atoms with E-state index in [0.29, 0.717) is 6.42 Å². The van der Waals surface area contributed by atoms with Gasteiger partial charge in [0.15, 0.2) is 6.10 Å². The van der Waals surface area contributed by atoms with Crippen LogP contribution in [0.3, 0.4) is 0 Å². The summed E-state index contributed by atoms with van der Waals surface area (Å²) in [7, 11) is 0. The maximum atomic E-state index is 12.0. The van der Waals surface area contributed by atoms with Crippen LogP contribution < -0.4 is 5.73 Å². The second kappa shape index (κ2) is 2.98. The van der Waals surface area contributed by atoms with Gasteiger partial charge in [-0.25, -0.2) is 0 Å². The van der Waals surface area contributed by atoms with Crippen LogP contribution in [0.15, 0.2) is 0 Å². The number of alkyl halides is 3. The van der Waals surface area contributed by atoms with Crippen molar-refractivity contribution in [3.05, 3.63) is 0 Å². The highest BCUT2D eigenvalue weighted by atomic mass is 19.4. The van der Waals surface area contributed by atoms with Crippen molar-refractivity contribution in [2.45, 2.75) is 18.7 Å². The van der Waals surface area contributed by atoms with Crippen LogP contribution in [0, 0.1) is 5.92 Å². The van der Waals surface area contributed by atoms with Crippen molar-refractivity contribution in [2.24, 2.45) is 11.7 Å². The first kappa shape index (κ1) is 8.80. The molecule has 0 aromatic carbocycles. The minimum Gasteiger partial charge on any atom is -0.368 e. The van der Waals surface area contributed by atoms with Crippen molar-refractivity contribution >= 4 is 0 Å². The SMILES string of the molecule is NC[C@@H]1CCO[C@H]1C(F)(F)F. The summed E-state index contributed by atoms with van der Waals surface area (Å²) < 4.78 is 40.6. The summed E-state index contributed by atoms with van der Waals surface area (Å²) >= 11 is 0. The number of nitrogens with two attached hydrogens (primary N) is 1. The molecular formula is C6H10F3NO. The summed E-state index contributed by atoms with van der Waals surface area (Å²) in [6.07, 6.45) is -5.46. The number of hydrogen-bond donors (Lipinski definition) is 1. The molecule has 5 heteroatoms. The van der Waals surface area contributed by atoms with Crippen molar-refractivity contribution in [1.29, 1.82) is 0 Å². The number of halogens is 3. The fourth-order valence-electron chi connectivity index (χ4n) is 1.24. The summed E-state index contributed by atoms with van der Waals surface area (Å²) in [6, 6.07) is 0. The van der Waals surface area contributed by atoms with E-state index in [-0.39, 0.29) is 13.2 Å². The first-order chi connectivity index (χ1) is 5.05. The molecule has 1 aliphatic heterocycles. The van der Waals surface area contributed by atoms with Gasteiger partial charge in [0.2, 0.25) is 0 Å². The monoisotopic (exact) mass is 169 g/mol. The van der Waals surface area contributed by atoms with Gasteiger partial charge in [-0.2, -0.15) is 13.2 Å². The van der Waals surface area contributed by atoms with E-state index in [4.69, 9.17) is 5.73 Å². The molecule has 1 rings (SSSR count). The Kier molecular flexibility index (Phi) is 2.39. The van der Waals surface area contributed by atoms with Crippen molar-refractivity contribution in [3.63, 3.8) is 0 Å². The summed E-state index contributed by atoms with van der Waals surface area (Å²) in [4.78, 5) is 0. The largest absolute Gasteiger partial charge is 0.414 e. The lowest BCUT2D eigenvalue weighted by Crippen LogP contribution is -2.36. The molecule has 2 nitrogen and oxygen atoms in total. The summed E-state index contributed by atoms with van der Waals surface area (Å²) in [5.74, 6) is -0.546. The first-order valence-electron chi connectivity index (χ1n) is 3.44. The summed E-state index contributed by atoms with van der Waals surface area (Å²) in [6.45, 7) is 0.218. The Labute approximate surface area is 62.5 Å². The second-order valence-corrected chi connectivity index (χ2v) is 2.62. The van der Waals surface area contributed by atoms with Gasteiger partial charge in [-0.3, -0.25) is 0 Å². The van der Waals surface area contributed by atoms with Gasteiger partial charge in [0.05, 0.1) is 0 Å². The Morgan fingerprint density at radius 2 is 2.09 bits per heavy atom. The lowest BCUT2D eigenvalue weighted by molar-refractivity contribution is -0.215. The van der Waals surface area contributed by atoms with E-state index >= 15 is 0 Å². The fourth-order valence-corrected chi connectivity index (χ4v) is 1.24. The van der Waals surface area contributed by atoms with Crippen LogP contribution in [-0.4, -0.2) is 25.4 Å². The third kappa shape index (κ3) is 1.84. The molecule has 0 bridgehead atoms. The quantitative estimate of drug-likeness (QED) is 0.633. The number of rotatable bonds is 1. The van der Waals surface area contributed by atoms with E-state index in [2.05, 4.69) is 4.74 Å². The van der Waals surface area contributed by atoms with Crippen molar-refractivity contribution in [3.8, 4) is 0 Å². The van der Waals surface area contributed by atoms with Gasteiger partial charge in [-0.05, 0) is 13.0 Å². The van der Waals surface area contributed by atoms with E-state index in [0.717, 1.165) is 0 Å². The Morgan fingerprint density at radius 1 is 1.45 bits per heavy atom. The van der Waals surface area contributed by atoms with Crippen LogP contribution in [0.25, 0.3) is 0 Å². The molecule has 1 heterocycles. The molecule has 0 radical (unpaired) electrons. The predicted molar refractivity (Wildman–Crippen MR) is 33.0 cm³/mol. The minimum absolute atomic E-state index is 0.0458. The molecule has 0 unspecified atom stereocenters. The van der Waals surface area contributed by atoms with E-state index in [1.165, 1.54) is 0 Å². The van der Waals surface area contributed by atoms with Gasteiger partial charge in [0.25, 0.3) is 0 Å². The molecule has 0 spiro atoms. The van der Waals surface area contributed by atoms with Crippen LogP contribution in [0.1, 0.15) is 6.42 Å². The highest BCUT2D eigenvalue weighted by molar-refractivity contribution is 4.82. The standard InChI is InChI=1S/C6H10F3NO/c7-6(8,9)5-4(3-10)1-2-11-5/h4-5H,1-3,10H2/t4-,5+/m0/s1. The molecule has 2 atom stereocenters. The Balaban J connectivity index is 2.57. The molecule has 0 aromatic heterocycles. The first-order valence-corrected chi connectivity index (χ1v) is 3.44. The molecular weight excluding hydrogens is 159 g/mol. The van der Waals surface area contributed by atoms with Crippen LogP contribution in [0.2, 0.25) is 0 Å². The predicted octanol–water partition coefficient (Wildman–Crippen LogP) is 0.912. The zero-order valence-electron chi connectivity index (χ0n) is 5.90. The topological polar surface area (TPSA) is 35.2 Å². The molecule has 1 fully saturated rings. The smallest absolute Gasteiger partial charge is 0.368 e. The molecule has 0 aromatic rings. The third-order valence-electron chi connectivity index (χ3n) is 1.84. The van der Waals surface area contributed by atoms with Crippen LogP contribution in [0.4, 0.5) is 13.2 Å². The van der Waals surface area contributed by atoms with Gasteiger partial charge in [-0.1, -0.05) is 0 Å². The molecule has 1 saturated heterocycles. The van der Waals surface area contributed by atoms with Crippen molar-refractivity contribution in [1.82, 2.24) is 0 Å². The molecule has 0 amide bonds. The fraction of sp³-hybridized carbons (Fsp3) is 1.00. The second-order valence-electron chi connectivity index (χ2n) is 2.62. The molecule has 0 aliphatic carbocycles. The van der Waals surface area contributed by atoms with Crippen LogP contribution in [0.5, 0.6) is 0 Å². The Hall–Kier alpha value is -0.290. The van der Waals surface area contributed by atoms with Crippen molar-refractivity contribution < 1.29 is 17.9 Å². The zero-order chi connectivity index (χ0) is 8.48.